The Morgan fingerprint density at radius 1 is 0.448 bits per heavy atom. The van der Waals surface area contributed by atoms with Crippen LogP contribution in [0.25, 0.3) is 0 Å². The van der Waals surface area contributed by atoms with E-state index in [-0.39, 0.29) is 0 Å². The summed E-state index contributed by atoms with van der Waals surface area (Å²) in [7, 11) is -8.25. The summed E-state index contributed by atoms with van der Waals surface area (Å²) in [6, 6.07) is 0. The number of hydrogen-bond acceptors (Lipinski definition) is 3. The van der Waals surface area contributed by atoms with Gasteiger partial charge in [0, 0.05) is 0 Å². The van der Waals surface area contributed by atoms with Crippen LogP contribution in [0.5, 0.6) is 0 Å². The van der Waals surface area contributed by atoms with Gasteiger partial charge in [0.25, 0.3) is 0 Å². The first-order valence-electron chi connectivity index (χ1n) is 5.67. The van der Waals surface area contributed by atoms with Gasteiger partial charge in [0.15, 0.2) is 10.1 Å². The molecular formula is C8F17O3S-. The van der Waals surface area contributed by atoms with E-state index in [1.807, 2.05) is 0 Å². The molecule has 0 radical (unpaired) electrons. The number of hydrogen-bond donors (Lipinski definition) is 0. The Morgan fingerprint density at radius 3 is 0.862 bits per heavy atom. The molecule has 0 spiro atoms. The van der Waals surface area contributed by atoms with Gasteiger partial charge in [-0.15, -0.1) is 0 Å². The maximum Gasteiger partial charge on any atom is 0.418 e. The Kier molecular flexibility index (Phi) is 6.08. The second-order valence-corrected chi connectivity index (χ2v) is 6.36. The van der Waals surface area contributed by atoms with Gasteiger partial charge < -0.3 is 4.55 Å². The Hall–Kier alpha value is -1.28. The van der Waals surface area contributed by atoms with Crippen molar-refractivity contribution in [2.24, 2.45) is 5.41 Å². The van der Waals surface area contributed by atoms with Crippen molar-refractivity contribution in [3.05, 3.63) is 0 Å². The maximum atomic E-state index is 13.4. The average Bonchev–Trinajstić information content (AvgIpc) is 2.30. The van der Waals surface area contributed by atoms with Crippen molar-refractivity contribution in [1.29, 1.82) is 0 Å². The first-order chi connectivity index (χ1) is 12.0. The molecule has 0 saturated carbocycles. The fraction of sp³-hybridized carbons (Fsp3) is 1.00. The molecule has 21 heteroatoms. The Balaban J connectivity index is 7.55. The van der Waals surface area contributed by atoms with Crippen molar-refractivity contribution >= 4 is 10.1 Å². The molecule has 0 fully saturated rings. The van der Waals surface area contributed by atoms with E-state index in [1.54, 1.807) is 0 Å². The Labute approximate surface area is 146 Å². The molecule has 0 aliphatic rings. The summed E-state index contributed by atoms with van der Waals surface area (Å²) < 4.78 is 246. The van der Waals surface area contributed by atoms with Crippen molar-refractivity contribution in [3.8, 4) is 0 Å². The van der Waals surface area contributed by atoms with E-state index in [2.05, 4.69) is 0 Å². The first kappa shape index (κ1) is 27.7. The van der Waals surface area contributed by atoms with Gasteiger partial charge in [0.1, 0.15) is 0 Å². The molecule has 0 bridgehead atoms. The predicted molar refractivity (Wildman–Crippen MR) is 50.1 cm³/mol. The van der Waals surface area contributed by atoms with E-state index < -0.39 is 57.1 Å². The second-order valence-electron chi connectivity index (χ2n) is 4.94. The Bertz CT molecular complexity index is 687. The molecule has 0 aromatic heterocycles. The lowest BCUT2D eigenvalue weighted by molar-refractivity contribution is -0.510. The van der Waals surface area contributed by atoms with Crippen LogP contribution in [0.3, 0.4) is 0 Å². The molecule has 29 heavy (non-hydrogen) atoms. The van der Waals surface area contributed by atoms with E-state index in [9.17, 15) is 87.6 Å². The van der Waals surface area contributed by atoms with Gasteiger partial charge in [-0.25, -0.2) is 8.42 Å². The van der Waals surface area contributed by atoms with Crippen molar-refractivity contribution in [1.82, 2.24) is 0 Å². The Morgan fingerprint density at radius 2 is 0.690 bits per heavy atom. The molecule has 0 heterocycles. The lowest BCUT2D eigenvalue weighted by Gasteiger charge is -2.47. The van der Waals surface area contributed by atoms with Crippen LogP contribution in [0, 0.1) is 5.41 Å². The summed E-state index contributed by atoms with van der Waals surface area (Å²) in [6.45, 7) is 0. The first-order valence-corrected chi connectivity index (χ1v) is 7.08. The van der Waals surface area contributed by atoms with E-state index in [0.717, 1.165) is 0 Å². The van der Waals surface area contributed by atoms with Gasteiger partial charge >= 0.3 is 47.0 Å². The smallest absolute Gasteiger partial charge is 0.418 e. The molecular weight excluding hydrogens is 499 g/mol. The van der Waals surface area contributed by atoms with Gasteiger partial charge in [-0.2, -0.15) is 74.6 Å². The predicted octanol–water partition coefficient (Wildman–Crippen LogP) is 4.70. The minimum absolute atomic E-state index is 8.08. The highest BCUT2D eigenvalue weighted by atomic mass is 32.2. The standard InChI is InChI=1S/C8HF17O3S/c9-2(10,1(5(15,16)17,6(18,19)20)7(21,22)23)3(11,12)4(13,14)8(24,25)29(26,27)28/h(H,26,27,28)/p-1. The number of halogens is 17. The van der Waals surface area contributed by atoms with Gasteiger partial charge in [-0.1, -0.05) is 0 Å². The van der Waals surface area contributed by atoms with Crippen molar-refractivity contribution in [3.63, 3.8) is 0 Å². The van der Waals surface area contributed by atoms with Gasteiger partial charge in [0.2, 0.25) is 0 Å². The summed E-state index contributed by atoms with van der Waals surface area (Å²) in [4.78, 5) is 0. The third kappa shape index (κ3) is 3.26. The minimum Gasteiger partial charge on any atom is -0.743 e. The van der Waals surface area contributed by atoms with E-state index >= 15 is 0 Å². The van der Waals surface area contributed by atoms with Gasteiger partial charge in [0.05, 0.1) is 0 Å². The number of rotatable bonds is 5. The third-order valence-electron chi connectivity index (χ3n) is 3.21. The zero-order valence-electron chi connectivity index (χ0n) is 12.1. The lowest BCUT2D eigenvalue weighted by Crippen LogP contribution is -2.77. The van der Waals surface area contributed by atoms with Crippen LogP contribution in [-0.2, 0) is 10.1 Å². The van der Waals surface area contributed by atoms with E-state index in [1.165, 1.54) is 0 Å². The molecule has 176 valence electrons. The van der Waals surface area contributed by atoms with Crippen LogP contribution in [0.4, 0.5) is 74.6 Å². The normalized spacial score (nSPS) is 16.9. The van der Waals surface area contributed by atoms with Crippen LogP contribution < -0.4 is 0 Å². The molecule has 0 aliphatic heterocycles. The van der Waals surface area contributed by atoms with Crippen molar-refractivity contribution < 1.29 is 87.6 Å². The molecule has 0 N–H and O–H groups in total. The fourth-order valence-electron chi connectivity index (χ4n) is 1.79. The molecule has 3 nitrogen and oxygen atoms in total. The molecule has 0 aliphatic carbocycles. The van der Waals surface area contributed by atoms with Crippen LogP contribution in [0.2, 0.25) is 0 Å². The SMILES string of the molecule is O=S(=O)([O-])C(F)(F)C(F)(F)C(F)(F)C(F)(F)C(C(F)(F)F)(C(F)(F)F)C(F)(F)F. The zero-order valence-corrected chi connectivity index (χ0v) is 12.9. The lowest BCUT2D eigenvalue weighted by atomic mass is 9.74. The zero-order chi connectivity index (χ0) is 24.5. The summed E-state index contributed by atoms with van der Waals surface area (Å²) in [5, 5.41) is -8.08. The summed E-state index contributed by atoms with van der Waals surface area (Å²) >= 11 is 0. The number of alkyl halides is 17. The van der Waals surface area contributed by atoms with Crippen LogP contribution in [0.1, 0.15) is 0 Å². The fourth-order valence-corrected chi connectivity index (χ4v) is 2.23. The van der Waals surface area contributed by atoms with Gasteiger partial charge in [-0.3, -0.25) is 0 Å². The topological polar surface area (TPSA) is 57.2 Å². The molecule has 0 saturated heterocycles. The minimum atomic E-state index is -9.27. The highest BCUT2D eigenvalue weighted by Gasteiger charge is 3.01. The second kappa shape index (κ2) is 6.36. The molecule has 0 unspecified atom stereocenters. The molecule has 0 rings (SSSR count). The highest BCUT2D eigenvalue weighted by Crippen LogP contribution is 2.71. The maximum absolute atomic E-state index is 13.4. The largest absolute Gasteiger partial charge is 0.743 e. The molecule has 0 aromatic rings. The monoisotopic (exact) mass is 499 g/mol. The van der Waals surface area contributed by atoms with E-state index in [4.69, 9.17) is 0 Å². The summed E-state index contributed by atoms with van der Waals surface area (Å²) in [5.74, 6) is -27.0. The summed E-state index contributed by atoms with van der Waals surface area (Å²) in [5.41, 5.74) is -9.10. The van der Waals surface area contributed by atoms with Crippen molar-refractivity contribution in [2.45, 2.75) is 41.6 Å². The van der Waals surface area contributed by atoms with Crippen LogP contribution >= 0.6 is 0 Å². The van der Waals surface area contributed by atoms with Gasteiger partial charge in [-0.05, 0) is 0 Å². The van der Waals surface area contributed by atoms with E-state index in [0.29, 0.717) is 0 Å². The molecule has 0 amide bonds. The average molecular weight is 499 g/mol. The molecule has 0 aromatic carbocycles. The van der Waals surface area contributed by atoms with Crippen LogP contribution in [0.15, 0.2) is 0 Å². The third-order valence-corrected chi connectivity index (χ3v) is 4.10. The van der Waals surface area contributed by atoms with Crippen LogP contribution in [-0.4, -0.2) is 54.5 Å². The highest BCUT2D eigenvalue weighted by molar-refractivity contribution is 7.86. The summed E-state index contributed by atoms with van der Waals surface area (Å²) in [6.07, 6.45) is -25.9. The molecule has 0 atom stereocenters. The van der Waals surface area contributed by atoms with Crippen molar-refractivity contribution in [2.75, 3.05) is 0 Å². The quantitative estimate of drug-likeness (QED) is 0.407.